The van der Waals surface area contributed by atoms with E-state index in [9.17, 15) is 4.79 Å². The van der Waals surface area contributed by atoms with Crippen molar-refractivity contribution in [3.05, 3.63) is 69.6 Å². The van der Waals surface area contributed by atoms with Crippen LogP contribution in [0.25, 0.3) is 0 Å². The molecular weight excluding hydrogens is 330 g/mol. The fraction of sp³-hybridized carbons (Fsp3) is 0.0588. The smallest absolute Gasteiger partial charge is 0.206 e. The van der Waals surface area contributed by atoms with E-state index in [2.05, 4.69) is 10.3 Å². The minimum atomic E-state index is -0.181. The summed E-state index contributed by atoms with van der Waals surface area (Å²) in [6.45, 7) is 2.01. The summed E-state index contributed by atoms with van der Waals surface area (Å²) in [5.41, 5.74) is 8.44. The van der Waals surface area contributed by atoms with Gasteiger partial charge in [-0.2, -0.15) is 0 Å². The summed E-state index contributed by atoms with van der Waals surface area (Å²) in [7, 11) is 0. The molecule has 6 heteroatoms. The Bertz CT molecular complexity index is 876. The summed E-state index contributed by atoms with van der Waals surface area (Å²) in [5, 5.41) is 4.27. The summed E-state index contributed by atoms with van der Waals surface area (Å²) < 4.78 is 0. The molecular formula is C17H14ClN3OS. The second-order valence-corrected chi connectivity index (χ2v) is 6.50. The third kappa shape index (κ3) is 3.52. The zero-order chi connectivity index (χ0) is 16.4. The number of halogens is 1. The summed E-state index contributed by atoms with van der Waals surface area (Å²) in [4.78, 5) is 17.2. The van der Waals surface area contributed by atoms with E-state index in [-0.39, 0.29) is 11.6 Å². The molecule has 23 heavy (non-hydrogen) atoms. The second kappa shape index (κ2) is 6.40. The summed E-state index contributed by atoms with van der Waals surface area (Å²) >= 11 is 7.16. The Morgan fingerprint density at radius 1 is 1.22 bits per heavy atom. The number of anilines is 3. The van der Waals surface area contributed by atoms with Crippen LogP contribution >= 0.6 is 22.9 Å². The van der Waals surface area contributed by atoms with Gasteiger partial charge in [-0.25, -0.2) is 4.98 Å². The molecule has 3 N–H and O–H groups in total. The van der Waals surface area contributed by atoms with Crippen molar-refractivity contribution in [3.8, 4) is 0 Å². The zero-order valence-electron chi connectivity index (χ0n) is 12.3. The molecule has 2 aromatic carbocycles. The van der Waals surface area contributed by atoms with Crippen LogP contribution in [0.3, 0.4) is 0 Å². The van der Waals surface area contributed by atoms with Crippen LogP contribution in [0.1, 0.15) is 20.8 Å². The minimum Gasteiger partial charge on any atom is -0.382 e. The maximum atomic E-state index is 12.5. The van der Waals surface area contributed by atoms with Crippen molar-refractivity contribution in [2.45, 2.75) is 6.92 Å². The number of nitrogens with zero attached hydrogens (tertiary/aromatic N) is 1. The molecule has 0 fully saturated rings. The number of ketones is 1. The molecule has 0 aliphatic rings. The Morgan fingerprint density at radius 3 is 2.74 bits per heavy atom. The van der Waals surface area contributed by atoms with Gasteiger partial charge in [-0.1, -0.05) is 47.2 Å². The first-order chi connectivity index (χ1) is 11.0. The van der Waals surface area contributed by atoms with Crippen LogP contribution in [0.15, 0.2) is 48.5 Å². The monoisotopic (exact) mass is 343 g/mol. The highest BCUT2D eigenvalue weighted by atomic mass is 35.5. The van der Waals surface area contributed by atoms with E-state index in [1.54, 1.807) is 24.3 Å². The van der Waals surface area contributed by atoms with Crippen LogP contribution < -0.4 is 11.1 Å². The summed E-state index contributed by atoms with van der Waals surface area (Å²) in [6.07, 6.45) is 0. The van der Waals surface area contributed by atoms with E-state index in [4.69, 9.17) is 17.3 Å². The Hall–Kier alpha value is -2.37. The molecule has 1 aromatic heterocycles. The van der Waals surface area contributed by atoms with Gasteiger partial charge in [0.2, 0.25) is 5.78 Å². The minimum absolute atomic E-state index is 0.181. The Morgan fingerprint density at radius 2 is 2.00 bits per heavy atom. The molecule has 0 bridgehead atoms. The number of benzene rings is 2. The molecule has 0 amide bonds. The van der Waals surface area contributed by atoms with Crippen LogP contribution in [0, 0.1) is 6.92 Å². The Balaban J connectivity index is 1.87. The number of aromatic nitrogens is 1. The molecule has 4 nitrogen and oxygen atoms in total. The van der Waals surface area contributed by atoms with E-state index < -0.39 is 0 Å². The van der Waals surface area contributed by atoms with Crippen molar-refractivity contribution >= 4 is 45.4 Å². The molecule has 116 valence electrons. The number of hydrogen-bond acceptors (Lipinski definition) is 5. The maximum absolute atomic E-state index is 12.5. The van der Waals surface area contributed by atoms with Gasteiger partial charge in [0.1, 0.15) is 10.7 Å². The first kappa shape index (κ1) is 15.5. The number of carbonyl (C=O) groups is 1. The number of aryl methyl sites for hydroxylation is 1. The lowest BCUT2D eigenvalue weighted by Gasteiger charge is -2.02. The number of nitrogens with one attached hydrogen (secondary N) is 1. The molecule has 0 aliphatic carbocycles. The van der Waals surface area contributed by atoms with E-state index in [0.717, 1.165) is 11.3 Å². The van der Waals surface area contributed by atoms with E-state index in [1.807, 2.05) is 31.2 Å². The summed E-state index contributed by atoms with van der Waals surface area (Å²) in [6, 6.07) is 14.7. The van der Waals surface area contributed by atoms with Crippen LogP contribution in [0.4, 0.5) is 16.6 Å². The topological polar surface area (TPSA) is 68.0 Å². The number of rotatable bonds is 4. The van der Waals surface area contributed by atoms with Crippen molar-refractivity contribution in [1.82, 2.24) is 4.98 Å². The van der Waals surface area contributed by atoms with Gasteiger partial charge < -0.3 is 11.1 Å². The third-order valence-corrected chi connectivity index (χ3v) is 4.44. The van der Waals surface area contributed by atoms with Gasteiger partial charge in [0.05, 0.1) is 0 Å². The second-order valence-electron chi connectivity index (χ2n) is 5.07. The highest BCUT2D eigenvalue weighted by molar-refractivity contribution is 7.18. The first-order valence-electron chi connectivity index (χ1n) is 6.93. The predicted molar refractivity (Wildman–Crippen MR) is 95.9 cm³/mol. The van der Waals surface area contributed by atoms with Gasteiger partial charge in [-0.05, 0) is 36.8 Å². The van der Waals surface area contributed by atoms with Crippen molar-refractivity contribution in [1.29, 1.82) is 0 Å². The van der Waals surface area contributed by atoms with Gasteiger partial charge >= 0.3 is 0 Å². The van der Waals surface area contributed by atoms with Gasteiger partial charge in [0.15, 0.2) is 5.13 Å². The van der Waals surface area contributed by atoms with E-state index >= 15 is 0 Å². The van der Waals surface area contributed by atoms with Crippen LogP contribution in [-0.2, 0) is 0 Å². The standard InChI is InChI=1S/C17H14ClN3OS/c1-10-4-2-7-13(8-10)20-17-21-16(19)15(23-17)14(22)11-5-3-6-12(18)9-11/h2-9H,19H2,1H3,(H,20,21). The third-order valence-electron chi connectivity index (χ3n) is 3.22. The number of hydrogen-bond donors (Lipinski definition) is 2. The number of nitrogen functional groups attached to an aromatic ring is 1. The van der Waals surface area contributed by atoms with Crippen LogP contribution in [0.5, 0.6) is 0 Å². The molecule has 0 saturated heterocycles. The molecule has 0 atom stereocenters. The van der Waals surface area contributed by atoms with Crippen LogP contribution in [0.2, 0.25) is 5.02 Å². The van der Waals surface area contributed by atoms with Gasteiger partial charge in [-0.15, -0.1) is 0 Å². The molecule has 3 aromatic rings. The molecule has 3 rings (SSSR count). The molecule has 0 saturated carbocycles. The molecule has 0 unspecified atom stereocenters. The number of thiazole rings is 1. The van der Waals surface area contributed by atoms with E-state index in [0.29, 0.717) is 20.6 Å². The molecule has 1 heterocycles. The fourth-order valence-corrected chi connectivity index (χ4v) is 3.21. The number of nitrogens with two attached hydrogens (primary N) is 1. The average Bonchev–Trinajstić information content (AvgIpc) is 2.87. The average molecular weight is 344 g/mol. The zero-order valence-corrected chi connectivity index (χ0v) is 13.9. The fourth-order valence-electron chi connectivity index (χ4n) is 2.16. The normalized spacial score (nSPS) is 10.5. The van der Waals surface area contributed by atoms with Gasteiger partial charge in [0, 0.05) is 16.3 Å². The lowest BCUT2D eigenvalue weighted by molar-refractivity contribution is 0.104. The van der Waals surface area contributed by atoms with Crippen molar-refractivity contribution in [3.63, 3.8) is 0 Å². The van der Waals surface area contributed by atoms with Crippen molar-refractivity contribution < 1.29 is 4.79 Å². The van der Waals surface area contributed by atoms with Gasteiger partial charge in [0.25, 0.3) is 0 Å². The summed E-state index contributed by atoms with van der Waals surface area (Å²) in [5.74, 6) is 0.0370. The highest BCUT2D eigenvalue weighted by Crippen LogP contribution is 2.30. The Kier molecular flexibility index (Phi) is 4.32. The molecule has 0 radical (unpaired) electrons. The van der Waals surface area contributed by atoms with Gasteiger partial charge in [-0.3, -0.25) is 4.79 Å². The maximum Gasteiger partial charge on any atom is 0.206 e. The predicted octanol–water partition coefficient (Wildman–Crippen LogP) is 4.66. The largest absolute Gasteiger partial charge is 0.382 e. The quantitative estimate of drug-likeness (QED) is 0.676. The van der Waals surface area contributed by atoms with Crippen molar-refractivity contribution in [2.24, 2.45) is 0 Å². The SMILES string of the molecule is Cc1cccc(Nc2nc(N)c(C(=O)c3cccc(Cl)c3)s2)c1. The lowest BCUT2D eigenvalue weighted by Crippen LogP contribution is -2.02. The van der Waals surface area contributed by atoms with Crippen molar-refractivity contribution in [2.75, 3.05) is 11.1 Å². The lowest BCUT2D eigenvalue weighted by atomic mass is 10.1. The van der Waals surface area contributed by atoms with E-state index in [1.165, 1.54) is 11.3 Å². The molecule has 0 spiro atoms. The molecule has 0 aliphatic heterocycles. The number of carbonyl (C=O) groups excluding carboxylic acids is 1. The Labute approximate surface area is 142 Å². The first-order valence-corrected chi connectivity index (χ1v) is 8.12. The highest BCUT2D eigenvalue weighted by Gasteiger charge is 2.18. The van der Waals surface area contributed by atoms with Crippen LogP contribution in [-0.4, -0.2) is 10.8 Å².